The molecule has 262 valence electrons. The Hall–Kier alpha value is -3.71. The molecule has 0 aromatic heterocycles. The van der Waals surface area contributed by atoms with E-state index in [9.17, 15) is 32.3 Å². The van der Waals surface area contributed by atoms with Crippen LogP contribution in [0.25, 0.3) is 0 Å². The van der Waals surface area contributed by atoms with E-state index in [-0.39, 0.29) is 18.1 Å². The highest BCUT2D eigenvalue weighted by Gasteiger charge is 2.38. The number of likely N-dealkylation sites (tertiary alicyclic amines) is 1. The first kappa shape index (κ1) is 39.5. The van der Waals surface area contributed by atoms with Crippen LogP contribution in [0.1, 0.15) is 86.7 Å². The molecular formula is C34H46F4N2O7. The van der Waals surface area contributed by atoms with Crippen LogP contribution < -0.4 is 14.8 Å². The molecule has 2 aromatic rings. The lowest BCUT2D eigenvalue weighted by Gasteiger charge is -2.29. The number of carbonyl (C=O) groups is 3. The van der Waals surface area contributed by atoms with Crippen molar-refractivity contribution >= 4 is 17.7 Å². The molecule has 0 spiro atoms. The minimum atomic E-state index is -5.08. The standard InChI is InChI=1S/C32H45FN2O5.C2HF3O2/c1-3-4-5-8-21-40-28-17-13-25(14-18-28)32(38)29(23-35-20-19-26(33)22-35)34-31(37)10-7-6-9-30(36)24-11-15-27(39-2)16-12-24;3-2(4,5)1(6)7/h11-18,26,29,32,38H,3-10,19-23H2,1-2H3,(H,34,37);(H,6,7)/t26-,29-,32-;/m1./s1. The fourth-order valence-electron chi connectivity index (χ4n) is 4.94. The van der Waals surface area contributed by atoms with Crippen molar-refractivity contribution in [2.45, 2.75) is 89.2 Å². The molecule has 0 bridgehead atoms. The predicted octanol–water partition coefficient (Wildman–Crippen LogP) is 6.29. The highest BCUT2D eigenvalue weighted by atomic mass is 19.4. The number of alkyl halides is 4. The third-order valence-electron chi connectivity index (χ3n) is 7.60. The Labute approximate surface area is 273 Å². The maximum Gasteiger partial charge on any atom is 0.490 e. The summed E-state index contributed by atoms with van der Waals surface area (Å²) in [5, 5.41) is 21.3. The Morgan fingerprint density at radius 3 is 2.13 bits per heavy atom. The van der Waals surface area contributed by atoms with Crippen molar-refractivity contribution in [2.75, 3.05) is 33.4 Å². The van der Waals surface area contributed by atoms with E-state index in [4.69, 9.17) is 19.4 Å². The van der Waals surface area contributed by atoms with E-state index in [0.29, 0.717) is 68.8 Å². The molecule has 0 unspecified atom stereocenters. The number of carboxylic acid groups (broad SMARTS) is 1. The number of Topliss-reactive ketones (excluding diaryl/α,β-unsaturated/α-hetero) is 1. The van der Waals surface area contributed by atoms with Crippen molar-refractivity contribution in [2.24, 2.45) is 0 Å². The summed E-state index contributed by atoms with van der Waals surface area (Å²) in [4.78, 5) is 36.1. The number of unbranched alkanes of at least 4 members (excludes halogenated alkanes) is 4. The molecule has 1 amide bonds. The van der Waals surface area contributed by atoms with Gasteiger partial charge in [0.2, 0.25) is 5.91 Å². The Morgan fingerprint density at radius 2 is 1.57 bits per heavy atom. The number of aliphatic carboxylic acids is 1. The molecular weight excluding hydrogens is 624 g/mol. The second kappa shape index (κ2) is 20.5. The molecule has 1 fully saturated rings. The van der Waals surface area contributed by atoms with Crippen LogP contribution >= 0.6 is 0 Å². The Kier molecular flexibility index (Phi) is 17.2. The second-order valence-corrected chi connectivity index (χ2v) is 11.4. The number of methoxy groups -OCH3 is 1. The minimum absolute atomic E-state index is 0.0274. The average Bonchev–Trinajstić information content (AvgIpc) is 3.46. The van der Waals surface area contributed by atoms with Gasteiger partial charge in [-0.05, 0) is 67.6 Å². The van der Waals surface area contributed by atoms with E-state index in [2.05, 4.69) is 12.2 Å². The number of aliphatic hydroxyl groups is 1. The third-order valence-corrected chi connectivity index (χ3v) is 7.60. The number of aliphatic hydroxyl groups excluding tert-OH is 1. The number of carbonyl (C=O) groups excluding carboxylic acids is 2. The molecule has 2 aromatic carbocycles. The molecule has 47 heavy (non-hydrogen) atoms. The first-order chi connectivity index (χ1) is 22.3. The summed E-state index contributed by atoms with van der Waals surface area (Å²) in [6.07, 6.45) is -0.191. The zero-order valence-corrected chi connectivity index (χ0v) is 26.9. The lowest BCUT2D eigenvalue weighted by atomic mass is 10.0. The molecule has 1 aliphatic rings. The number of rotatable bonds is 18. The molecule has 0 aliphatic carbocycles. The number of ketones is 1. The smallest absolute Gasteiger partial charge is 0.490 e. The number of nitrogens with one attached hydrogen (secondary N) is 1. The van der Waals surface area contributed by atoms with Crippen molar-refractivity contribution in [1.82, 2.24) is 10.2 Å². The fraction of sp³-hybridized carbons (Fsp3) is 0.559. The zero-order valence-electron chi connectivity index (χ0n) is 26.9. The number of ether oxygens (including phenoxy) is 2. The van der Waals surface area contributed by atoms with Gasteiger partial charge in [0.15, 0.2) is 5.78 Å². The Morgan fingerprint density at radius 1 is 0.957 bits per heavy atom. The van der Waals surface area contributed by atoms with Gasteiger partial charge in [0, 0.05) is 38.0 Å². The summed E-state index contributed by atoms with van der Waals surface area (Å²) in [6.45, 7) is 4.09. The Bertz CT molecular complexity index is 1230. The monoisotopic (exact) mass is 670 g/mol. The van der Waals surface area contributed by atoms with Gasteiger partial charge in [-0.2, -0.15) is 13.2 Å². The molecule has 3 N–H and O–H groups in total. The summed E-state index contributed by atoms with van der Waals surface area (Å²) in [5.74, 6) is -1.48. The Balaban J connectivity index is 0.000000984. The van der Waals surface area contributed by atoms with Gasteiger partial charge in [0.05, 0.1) is 19.8 Å². The molecule has 3 atom stereocenters. The highest BCUT2D eigenvalue weighted by Crippen LogP contribution is 2.23. The number of amides is 1. The quantitative estimate of drug-likeness (QED) is 0.0960. The van der Waals surface area contributed by atoms with Crippen molar-refractivity contribution in [3.63, 3.8) is 0 Å². The summed E-state index contributed by atoms with van der Waals surface area (Å²) in [7, 11) is 1.58. The minimum Gasteiger partial charge on any atom is -0.497 e. The second-order valence-electron chi connectivity index (χ2n) is 11.4. The summed E-state index contributed by atoms with van der Waals surface area (Å²) in [5.41, 5.74) is 1.29. The SMILES string of the molecule is CCCCCCOc1ccc([C@@H](O)[C@@H](CN2CC[C@@H](F)C2)NC(=O)CCCCC(=O)c2ccc(OC)cc2)cc1.O=C(O)C(F)(F)F. The topological polar surface area (TPSA) is 125 Å². The van der Waals surface area contributed by atoms with E-state index in [1.807, 2.05) is 29.2 Å². The summed E-state index contributed by atoms with van der Waals surface area (Å²) >= 11 is 0. The molecule has 3 rings (SSSR count). The van der Waals surface area contributed by atoms with Gasteiger partial charge in [0.25, 0.3) is 0 Å². The first-order valence-corrected chi connectivity index (χ1v) is 15.9. The molecule has 13 heteroatoms. The van der Waals surface area contributed by atoms with Gasteiger partial charge in [-0.1, -0.05) is 38.3 Å². The highest BCUT2D eigenvalue weighted by molar-refractivity contribution is 5.96. The van der Waals surface area contributed by atoms with Crippen LogP contribution in [0.2, 0.25) is 0 Å². The average molecular weight is 671 g/mol. The number of hydrogen-bond acceptors (Lipinski definition) is 7. The number of benzene rings is 2. The van der Waals surface area contributed by atoms with E-state index in [1.54, 1.807) is 31.4 Å². The summed E-state index contributed by atoms with van der Waals surface area (Å²) in [6, 6.07) is 13.7. The molecule has 0 saturated carbocycles. The normalized spacial score (nSPS) is 16.0. The molecule has 0 radical (unpaired) electrons. The van der Waals surface area contributed by atoms with Gasteiger partial charge in [0.1, 0.15) is 23.8 Å². The van der Waals surface area contributed by atoms with Crippen molar-refractivity contribution < 1.29 is 51.6 Å². The fourth-order valence-corrected chi connectivity index (χ4v) is 4.94. The van der Waals surface area contributed by atoms with Gasteiger partial charge in [-0.15, -0.1) is 0 Å². The van der Waals surface area contributed by atoms with Crippen molar-refractivity contribution in [3.05, 3.63) is 59.7 Å². The molecule has 9 nitrogen and oxygen atoms in total. The van der Waals surface area contributed by atoms with E-state index >= 15 is 0 Å². The van der Waals surface area contributed by atoms with Crippen molar-refractivity contribution in [3.8, 4) is 11.5 Å². The van der Waals surface area contributed by atoms with Crippen LogP contribution in [0.3, 0.4) is 0 Å². The third kappa shape index (κ3) is 15.2. The maximum atomic E-state index is 13.8. The van der Waals surface area contributed by atoms with Crippen LogP contribution in [-0.2, 0) is 9.59 Å². The van der Waals surface area contributed by atoms with Crippen molar-refractivity contribution in [1.29, 1.82) is 0 Å². The summed E-state index contributed by atoms with van der Waals surface area (Å²) < 4.78 is 56.5. The van der Waals surface area contributed by atoms with E-state index < -0.39 is 30.5 Å². The predicted molar refractivity (Wildman–Crippen MR) is 168 cm³/mol. The van der Waals surface area contributed by atoms with Gasteiger partial charge < -0.3 is 25.0 Å². The van der Waals surface area contributed by atoms with Crippen LogP contribution in [0, 0.1) is 0 Å². The zero-order chi connectivity index (χ0) is 34.8. The van der Waals surface area contributed by atoms with Crippen LogP contribution in [0.4, 0.5) is 17.6 Å². The van der Waals surface area contributed by atoms with Crippen LogP contribution in [0.5, 0.6) is 11.5 Å². The van der Waals surface area contributed by atoms with E-state index in [1.165, 1.54) is 12.8 Å². The van der Waals surface area contributed by atoms with Gasteiger partial charge in [-0.3, -0.25) is 14.5 Å². The number of carboxylic acids is 1. The lowest BCUT2D eigenvalue weighted by Crippen LogP contribution is -2.46. The van der Waals surface area contributed by atoms with E-state index in [0.717, 1.165) is 18.6 Å². The number of hydrogen-bond donors (Lipinski definition) is 3. The molecule has 1 aliphatic heterocycles. The first-order valence-electron chi connectivity index (χ1n) is 15.9. The lowest BCUT2D eigenvalue weighted by molar-refractivity contribution is -0.192. The van der Waals surface area contributed by atoms with Crippen LogP contribution in [-0.4, -0.2) is 84.5 Å². The number of nitrogens with zero attached hydrogens (tertiary/aromatic N) is 1. The number of halogens is 4. The van der Waals surface area contributed by atoms with Gasteiger partial charge in [-0.25, -0.2) is 9.18 Å². The largest absolute Gasteiger partial charge is 0.497 e. The molecule has 1 heterocycles. The maximum absolute atomic E-state index is 13.8. The molecule has 1 saturated heterocycles. The van der Waals surface area contributed by atoms with Crippen LogP contribution in [0.15, 0.2) is 48.5 Å². The van der Waals surface area contributed by atoms with Gasteiger partial charge >= 0.3 is 12.1 Å².